The van der Waals surface area contributed by atoms with Gasteiger partial charge in [0.15, 0.2) is 0 Å². The van der Waals surface area contributed by atoms with Gasteiger partial charge < -0.3 is 30.7 Å². The van der Waals surface area contributed by atoms with E-state index in [1.807, 2.05) is 0 Å². The first-order valence-corrected chi connectivity index (χ1v) is 13.4. The third kappa shape index (κ3) is 8.78. The fourth-order valence-electron chi connectivity index (χ4n) is 3.96. The predicted octanol–water partition coefficient (Wildman–Crippen LogP) is 2.82. The number of carbonyl (C=O) groups is 2. The quantitative estimate of drug-likeness (QED) is 0.279. The molecule has 0 bridgehead atoms. The summed E-state index contributed by atoms with van der Waals surface area (Å²) in [7, 11) is 0. The number of urea groups is 1. The average Bonchev–Trinajstić information content (AvgIpc) is 3.27. The Morgan fingerprint density at radius 1 is 1.19 bits per heavy atom. The molecule has 0 unspecified atom stereocenters. The van der Waals surface area contributed by atoms with Gasteiger partial charge >= 0.3 is 6.03 Å². The van der Waals surface area contributed by atoms with Crippen LogP contribution in [0.25, 0.3) is 0 Å². The smallest absolute Gasteiger partial charge is 0.319 e. The SMILES string of the molecule is Cc1cc(F)c(COc2nsc(NC(=O)NCCCCN3CCN(CCCO)CC3)c2C(N)=O)cc1Cl. The normalized spacial score (nSPS) is 14.5. The van der Waals surface area contributed by atoms with Crippen LogP contribution in [0.2, 0.25) is 5.02 Å². The number of aliphatic hydroxyl groups excluding tert-OH is 1. The number of anilines is 1. The minimum Gasteiger partial charge on any atom is -0.471 e. The molecule has 37 heavy (non-hydrogen) atoms. The summed E-state index contributed by atoms with van der Waals surface area (Å²) in [4.78, 5) is 29.1. The van der Waals surface area contributed by atoms with Crippen molar-refractivity contribution in [3.05, 3.63) is 39.7 Å². The van der Waals surface area contributed by atoms with E-state index in [9.17, 15) is 14.0 Å². The molecule has 1 fully saturated rings. The highest BCUT2D eigenvalue weighted by molar-refractivity contribution is 7.11. The molecule has 1 aromatic heterocycles. The molecule has 0 aliphatic carbocycles. The van der Waals surface area contributed by atoms with Crippen molar-refractivity contribution in [1.29, 1.82) is 0 Å². The van der Waals surface area contributed by atoms with Gasteiger partial charge in [-0.2, -0.15) is 4.37 Å². The molecule has 2 aromatic rings. The summed E-state index contributed by atoms with van der Waals surface area (Å²) in [6, 6.07) is 2.27. The topological polar surface area (TPSA) is 133 Å². The highest BCUT2D eigenvalue weighted by atomic mass is 35.5. The summed E-state index contributed by atoms with van der Waals surface area (Å²) in [6.45, 7) is 8.13. The van der Waals surface area contributed by atoms with Crippen molar-refractivity contribution in [2.45, 2.75) is 32.8 Å². The summed E-state index contributed by atoms with van der Waals surface area (Å²) >= 11 is 6.91. The number of hydrogen-bond donors (Lipinski definition) is 4. The monoisotopic (exact) mass is 556 g/mol. The Balaban J connectivity index is 1.41. The van der Waals surface area contributed by atoms with E-state index in [0.717, 1.165) is 70.1 Å². The van der Waals surface area contributed by atoms with Crippen molar-refractivity contribution in [3.8, 4) is 5.88 Å². The lowest BCUT2D eigenvalue weighted by Gasteiger charge is -2.34. The van der Waals surface area contributed by atoms with E-state index in [4.69, 9.17) is 27.2 Å². The van der Waals surface area contributed by atoms with E-state index in [0.29, 0.717) is 17.1 Å². The van der Waals surface area contributed by atoms with E-state index in [2.05, 4.69) is 24.8 Å². The number of rotatable bonds is 13. The molecule has 1 aromatic carbocycles. The van der Waals surface area contributed by atoms with Gasteiger partial charge in [0.2, 0.25) is 5.88 Å². The molecule has 0 saturated carbocycles. The number of aliphatic hydroxyl groups is 1. The van der Waals surface area contributed by atoms with Crippen LogP contribution >= 0.6 is 23.1 Å². The molecule has 5 N–H and O–H groups in total. The average molecular weight is 557 g/mol. The minimum absolute atomic E-state index is 0.0723. The largest absolute Gasteiger partial charge is 0.471 e. The van der Waals surface area contributed by atoms with Crippen molar-refractivity contribution in [2.24, 2.45) is 5.73 Å². The molecule has 1 saturated heterocycles. The van der Waals surface area contributed by atoms with Crippen LogP contribution in [0.4, 0.5) is 14.2 Å². The lowest BCUT2D eigenvalue weighted by atomic mass is 10.1. The molecule has 204 valence electrons. The number of halogens is 2. The van der Waals surface area contributed by atoms with E-state index < -0.39 is 17.8 Å². The van der Waals surface area contributed by atoms with Gasteiger partial charge in [0.05, 0.1) is 0 Å². The lowest BCUT2D eigenvalue weighted by molar-refractivity contribution is 0.0996. The van der Waals surface area contributed by atoms with Gasteiger partial charge in [-0.3, -0.25) is 10.1 Å². The highest BCUT2D eigenvalue weighted by Crippen LogP contribution is 2.31. The Labute approximate surface area is 225 Å². The molecule has 3 rings (SSSR count). The fraction of sp³-hybridized carbons (Fsp3) is 0.542. The van der Waals surface area contributed by atoms with Gasteiger partial charge in [0.25, 0.3) is 5.91 Å². The number of ether oxygens (including phenoxy) is 1. The zero-order chi connectivity index (χ0) is 26.8. The molecule has 1 aliphatic rings. The minimum atomic E-state index is -0.821. The number of aryl methyl sites for hydroxylation is 1. The van der Waals surface area contributed by atoms with E-state index in [-0.39, 0.29) is 35.2 Å². The number of hydrogen-bond acceptors (Lipinski definition) is 8. The number of primary amides is 1. The number of nitrogens with one attached hydrogen (secondary N) is 2. The van der Waals surface area contributed by atoms with Crippen LogP contribution in [0, 0.1) is 12.7 Å². The van der Waals surface area contributed by atoms with Crippen molar-refractivity contribution < 1.29 is 23.8 Å². The van der Waals surface area contributed by atoms with Crippen molar-refractivity contribution in [1.82, 2.24) is 19.5 Å². The fourth-order valence-corrected chi connectivity index (χ4v) is 4.88. The molecular weight excluding hydrogens is 523 g/mol. The zero-order valence-electron chi connectivity index (χ0n) is 20.9. The van der Waals surface area contributed by atoms with E-state index in [1.54, 1.807) is 6.92 Å². The van der Waals surface area contributed by atoms with Gasteiger partial charge in [-0.05, 0) is 62.0 Å². The third-order valence-electron chi connectivity index (χ3n) is 6.11. The van der Waals surface area contributed by atoms with Crippen molar-refractivity contribution >= 4 is 40.1 Å². The second-order valence-corrected chi connectivity index (χ2v) is 10.1. The first-order chi connectivity index (χ1) is 17.8. The number of nitrogens with two attached hydrogens (primary N) is 1. The first kappa shape index (κ1) is 29.1. The molecule has 0 spiro atoms. The summed E-state index contributed by atoms with van der Waals surface area (Å²) in [5.74, 6) is -1.39. The molecule has 0 radical (unpaired) electrons. The Bertz CT molecular complexity index is 1060. The van der Waals surface area contributed by atoms with Crippen LogP contribution < -0.4 is 21.1 Å². The van der Waals surface area contributed by atoms with Gasteiger partial charge in [-0.25, -0.2) is 9.18 Å². The van der Waals surface area contributed by atoms with Crippen molar-refractivity contribution in [3.63, 3.8) is 0 Å². The highest BCUT2D eigenvalue weighted by Gasteiger charge is 2.22. The lowest BCUT2D eigenvalue weighted by Crippen LogP contribution is -2.46. The zero-order valence-corrected chi connectivity index (χ0v) is 22.5. The molecule has 1 aliphatic heterocycles. The standard InChI is InChI=1S/C24H34ClFN6O4S/c1-16-13-19(26)17(14-18(16)25)15-36-22-20(21(27)34)23(37-30-22)29-24(35)28-5-2-3-6-31-8-10-32(11-9-31)7-4-12-33/h13-14,33H,2-12,15H2,1H3,(H2,27,34)(H2,28,29,35). The maximum atomic E-state index is 14.2. The van der Waals surface area contributed by atoms with Crippen molar-refractivity contribution in [2.75, 3.05) is 57.7 Å². The van der Waals surface area contributed by atoms with Gasteiger partial charge in [0.1, 0.15) is 23.0 Å². The number of nitrogens with zero attached hydrogens (tertiary/aromatic N) is 3. The van der Waals surface area contributed by atoms with E-state index >= 15 is 0 Å². The number of aromatic nitrogens is 1. The molecule has 3 amide bonds. The summed E-state index contributed by atoms with van der Waals surface area (Å²) in [5.41, 5.74) is 6.21. The Hall–Kier alpha value is -2.51. The number of carbonyl (C=O) groups excluding carboxylic acids is 2. The number of amides is 3. The predicted molar refractivity (Wildman–Crippen MR) is 142 cm³/mol. The number of unbranched alkanes of at least 4 members (excludes halogenated alkanes) is 1. The third-order valence-corrected chi connectivity index (χ3v) is 7.26. The summed E-state index contributed by atoms with van der Waals surface area (Å²) in [6.07, 6.45) is 2.57. The van der Waals surface area contributed by atoms with Crippen LogP contribution in [0.1, 0.15) is 40.7 Å². The van der Waals surface area contributed by atoms with E-state index in [1.165, 1.54) is 12.1 Å². The van der Waals surface area contributed by atoms with Gasteiger partial charge in [-0.15, -0.1) is 0 Å². The maximum absolute atomic E-state index is 14.2. The Morgan fingerprint density at radius 3 is 2.51 bits per heavy atom. The second kappa shape index (κ2) is 14.4. The molecule has 2 heterocycles. The second-order valence-electron chi connectivity index (χ2n) is 8.89. The number of benzene rings is 1. The van der Waals surface area contributed by atoms with Crippen LogP contribution in [-0.2, 0) is 6.61 Å². The molecule has 0 atom stereocenters. The molecule has 13 heteroatoms. The Morgan fingerprint density at radius 2 is 1.86 bits per heavy atom. The van der Waals surface area contributed by atoms with Crippen LogP contribution in [0.3, 0.4) is 0 Å². The van der Waals surface area contributed by atoms with Crippen LogP contribution in [0.5, 0.6) is 5.88 Å². The van der Waals surface area contributed by atoms with Gasteiger partial charge in [0, 0.05) is 56.5 Å². The first-order valence-electron chi connectivity index (χ1n) is 12.3. The van der Waals surface area contributed by atoms with Crippen LogP contribution in [0.15, 0.2) is 12.1 Å². The maximum Gasteiger partial charge on any atom is 0.319 e. The number of piperazine rings is 1. The molecule has 10 nitrogen and oxygen atoms in total. The summed E-state index contributed by atoms with van der Waals surface area (Å²) in [5, 5.41) is 14.9. The van der Waals surface area contributed by atoms with Crippen LogP contribution in [-0.4, -0.2) is 83.6 Å². The Kier molecular flexibility index (Phi) is 11.3. The van der Waals surface area contributed by atoms with Gasteiger partial charge in [-0.1, -0.05) is 11.6 Å². The summed E-state index contributed by atoms with van der Waals surface area (Å²) < 4.78 is 23.8. The molecular formula is C24H34ClFN6O4S.